The van der Waals surface area contributed by atoms with Gasteiger partial charge in [0.05, 0.1) is 5.69 Å². The number of aliphatic carboxylic acids is 1. The van der Waals surface area contributed by atoms with Gasteiger partial charge < -0.3 is 10.2 Å². The number of hydrogen-bond acceptors (Lipinski definition) is 5. The molecule has 1 amide bonds. The van der Waals surface area contributed by atoms with E-state index in [0.29, 0.717) is 18.2 Å². The molecule has 102 valence electrons. The third-order valence-electron chi connectivity index (χ3n) is 1.99. The molecule has 0 aliphatic carbocycles. The van der Waals surface area contributed by atoms with Crippen molar-refractivity contribution in [3.63, 3.8) is 0 Å². The summed E-state index contributed by atoms with van der Waals surface area (Å²) < 4.78 is 0. The molecule has 0 saturated carbocycles. The Morgan fingerprint density at radius 3 is 2.53 bits per heavy atom. The van der Waals surface area contributed by atoms with Crippen molar-refractivity contribution in [2.24, 2.45) is 0 Å². The molecule has 0 aliphatic heterocycles. The van der Waals surface area contributed by atoms with E-state index in [1.807, 2.05) is 6.92 Å². The Balaban J connectivity index is 2.84. The average molecular weight is 284 g/mol. The maximum absolute atomic E-state index is 11.3. The minimum absolute atomic E-state index is 0.0827. The van der Waals surface area contributed by atoms with Crippen LogP contribution in [0.25, 0.3) is 0 Å². The number of carboxylic acids is 2. The Hall–Kier alpha value is -2.22. The van der Waals surface area contributed by atoms with Crippen molar-refractivity contribution in [2.75, 3.05) is 5.32 Å². The van der Waals surface area contributed by atoms with Crippen LogP contribution in [0.4, 0.5) is 5.13 Å². The average Bonchev–Trinajstić information content (AvgIpc) is 2.70. The van der Waals surface area contributed by atoms with Gasteiger partial charge in [0.1, 0.15) is 4.88 Å². The van der Waals surface area contributed by atoms with Gasteiger partial charge in [-0.15, -0.1) is 0 Å². The SMILES string of the molecule is CCCc1nc(NC(=O)/C=C/C(=O)O)sc1C(=O)O. The van der Waals surface area contributed by atoms with Gasteiger partial charge in [-0.2, -0.15) is 0 Å². The molecule has 0 aliphatic rings. The standard InChI is InChI=1S/C11H12N2O5S/c1-2-3-6-9(10(17)18)19-11(12-6)13-7(14)4-5-8(15)16/h4-5H,2-3H2,1H3,(H,15,16)(H,17,18)(H,12,13,14)/b5-4+. The van der Waals surface area contributed by atoms with Crippen molar-refractivity contribution >= 4 is 34.3 Å². The highest BCUT2D eigenvalue weighted by Crippen LogP contribution is 2.24. The molecule has 1 heterocycles. The van der Waals surface area contributed by atoms with Crippen LogP contribution >= 0.6 is 11.3 Å². The molecular formula is C11H12N2O5S. The highest BCUT2D eigenvalue weighted by atomic mass is 32.1. The van der Waals surface area contributed by atoms with Gasteiger partial charge in [0.15, 0.2) is 5.13 Å². The second-order valence-electron chi connectivity index (χ2n) is 3.51. The van der Waals surface area contributed by atoms with Crippen LogP contribution in [-0.4, -0.2) is 33.0 Å². The quantitative estimate of drug-likeness (QED) is 0.679. The highest BCUT2D eigenvalue weighted by molar-refractivity contribution is 7.17. The normalized spacial score (nSPS) is 10.6. The number of nitrogens with zero attached hydrogens (tertiary/aromatic N) is 1. The van der Waals surface area contributed by atoms with Crippen LogP contribution in [0, 0.1) is 0 Å². The molecule has 1 aromatic rings. The topological polar surface area (TPSA) is 117 Å². The first-order valence-electron chi connectivity index (χ1n) is 5.39. The Morgan fingerprint density at radius 1 is 1.32 bits per heavy atom. The Bertz CT molecular complexity index is 535. The Kier molecular flexibility index (Phi) is 5.19. The maximum Gasteiger partial charge on any atom is 0.347 e. The van der Waals surface area contributed by atoms with Gasteiger partial charge in [0.2, 0.25) is 5.91 Å². The molecule has 3 N–H and O–H groups in total. The lowest BCUT2D eigenvalue weighted by Gasteiger charge is -1.94. The van der Waals surface area contributed by atoms with E-state index in [1.54, 1.807) is 0 Å². The van der Waals surface area contributed by atoms with Crippen LogP contribution in [0.1, 0.15) is 28.7 Å². The zero-order valence-corrected chi connectivity index (χ0v) is 10.9. The molecule has 0 unspecified atom stereocenters. The van der Waals surface area contributed by atoms with E-state index in [1.165, 1.54) is 0 Å². The van der Waals surface area contributed by atoms with E-state index >= 15 is 0 Å². The van der Waals surface area contributed by atoms with Gasteiger partial charge >= 0.3 is 11.9 Å². The van der Waals surface area contributed by atoms with Crippen molar-refractivity contribution < 1.29 is 24.6 Å². The number of carbonyl (C=O) groups is 3. The van der Waals surface area contributed by atoms with E-state index in [9.17, 15) is 14.4 Å². The number of rotatable bonds is 6. The lowest BCUT2D eigenvalue weighted by Crippen LogP contribution is -2.08. The maximum atomic E-state index is 11.3. The highest BCUT2D eigenvalue weighted by Gasteiger charge is 2.17. The first-order valence-corrected chi connectivity index (χ1v) is 6.20. The minimum Gasteiger partial charge on any atom is -0.478 e. The van der Waals surface area contributed by atoms with Crippen molar-refractivity contribution in [3.05, 3.63) is 22.7 Å². The summed E-state index contributed by atoms with van der Waals surface area (Å²) in [6, 6.07) is 0. The molecule has 0 spiro atoms. The molecule has 0 fully saturated rings. The van der Waals surface area contributed by atoms with E-state index in [2.05, 4.69) is 10.3 Å². The fraction of sp³-hybridized carbons (Fsp3) is 0.273. The van der Waals surface area contributed by atoms with Crippen LogP contribution in [0.2, 0.25) is 0 Å². The first-order chi connectivity index (χ1) is 8.93. The van der Waals surface area contributed by atoms with Gasteiger partial charge in [-0.1, -0.05) is 24.7 Å². The van der Waals surface area contributed by atoms with Crippen molar-refractivity contribution in [3.8, 4) is 0 Å². The minimum atomic E-state index is -1.24. The second kappa shape index (κ2) is 6.64. The summed E-state index contributed by atoms with van der Waals surface area (Å²) in [5, 5.41) is 19.8. The summed E-state index contributed by atoms with van der Waals surface area (Å²) in [6.07, 6.45) is 2.76. The lowest BCUT2D eigenvalue weighted by molar-refractivity contribution is -0.131. The van der Waals surface area contributed by atoms with Gasteiger partial charge in [0.25, 0.3) is 0 Å². The van der Waals surface area contributed by atoms with Gasteiger partial charge in [-0.25, -0.2) is 14.6 Å². The molecule has 0 radical (unpaired) electrons. The molecule has 0 aromatic carbocycles. The number of amides is 1. The number of carboxylic acid groups (broad SMARTS) is 2. The molecular weight excluding hydrogens is 272 g/mol. The second-order valence-corrected chi connectivity index (χ2v) is 4.51. The number of aromatic nitrogens is 1. The van der Waals surface area contributed by atoms with Gasteiger partial charge in [-0.05, 0) is 6.42 Å². The van der Waals surface area contributed by atoms with Gasteiger partial charge in [-0.3, -0.25) is 10.1 Å². The predicted molar refractivity (Wildman–Crippen MR) is 68.5 cm³/mol. The van der Waals surface area contributed by atoms with E-state index < -0.39 is 17.8 Å². The fourth-order valence-corrected chi connectivity index (χ4v) is 2.13. The van der Waals surface area contributed by atoms with Gasteiger partial charge in [0, 0.05) is 12.2 Å². The number of nitrogens with one attached hydrogen (secondary N) is 1. The number of aryl methyl sites for hydroxylation is 1. The van der Waals surface area contributed by atoms with Crippen LogP contribution in [0.3, 0.4) is 0 Å². The van der Waals surface area contributed by atoms with Crippen LogP contribution in [-0.2, 0) is 16.0 Å². The number of thiazole rings is 1. The fourth-order valence-electron chi connectivity index (χ4n) is 1.27. The largest absolute Gasteiger partial charge is 0.478 e. The Labute approximate surface area is 112 Å². The Morgan fingerprint density at radius 2 is 2.00 bits per heavy atom. The summed E-state index contributed by atoms with van der Waals surface area (Å²) in [7, 11) is 0. The van der Waals surface area contributed by atoms with E-state index in [-0.39, 0.29) is 10.0 Å². The van der Waals surface area contributed by atoms with E-state index in [0.717, 1.165) is 23.8 Å². The van der Waals surface area contributed by atoms with E-state index in [4.69, 9.17) is 10.2 Å². The molecule has 0 bridgehead atoms. The molecule has 0 saturated heterocycles. The zero-order chi connectivity index (χ0) is 14.4. The lowest BCUT2D eigenvalue weighted by atomic mass is 10.2. The third kappa shape index (κ3) is 4.51. The van der Waals surface area contributed by atoms with Crippen LogP contribution in [0.15, 0.2) is 12.2 Å². The summed E-state index contributed by atoms with van der Waals surface area (Å²) in [4.78, 5) is 36.6. The summed E-state index contributed by atoms with van der Waals surface area (Å²) in [6.45, 7) is 1.89. The summed E-state index contributed by atoms with van der Waals surface area (Å²) in [5.41, 5.74) is 0.414. The van der Waals surface area contributed by atoms with Crippen LogP contribution in [0.5, 0.6) is 0 Å². The predicted octanol–water partition coefficient (Wildman–Crippen LogP) is 1.37. The molecule has 0 atom stereocenters. The van der Waals surface area contributed by atoms with Crippen molar-refractivity contribution in [1.82, 2.24) is 4.98 Å². The smallest absolute Gasteiger partial charge is 0.347 e. The number of aromatic carboxylic acids is 1. The summed E-state index contributed by atoms with van der Waals surface area (Å²) >= 11 is 0.846. The molecule has 8 heteroatoms. The van der Waals surface area contributed by atoms with Crippen LogP contribution < -0.4 is 5.32 Å². The number of hydrogen-bond donors (Lipinski definition) is 3. The zero-order valence-electron chi connectivity index (χ0n) is 10.0. The number of carbonyl (C=O) groups excluding carboxylic acids is 1. The number of anilines is 1. The molecule has 19 heavy (non-hydrogen) atoms. The third-order valence-corrected chi connectivity index (χ3v) is 2.99. The van der Waals surface area contributed by atoms with Crippen molar-refractivity contribution in [2.45, 2.75) is 19.8 Å². The molecule has 1 aromatic heterocycles. The summed E-state index contributed by atoms with van der Waals surface area (Å²) in [5.74, 6) is -3.01. The molecule has 1 rings (SSSR count). The van der Waals surface area contributed by atoms with Crippen molar-refractivity contribution in [1.29, 1.82) is 0 Å². The molecule has 7 nitrogen and oxygen atoms in total. The first kappa shape index (κ1) is 14.8. The monoisotopic (exact) mass is 284 g/mol.